The molecule has 5 nitrogen and oxygen atoms in total. The van der Waals surface area contributed by atoms with Crippen molar-refractivity contribution in [2.45, 2.75) is 13.8 Å². The second-order valence-corrected chi connectivity index (χ2v) is 4.13. The monoisotopic (exact) mass is 256 g/mol. The molecule has 0 aliphatic heterocycles. The average molecular weight is 256 g/mol. The van der Waals surface area contributed by atoms with Crippen LogP contribution in [0.2, 0.25) is 0 Å². The number of nitrogens with zero attached hydrogens (tertiary/aromatic N) is 3. The molecule has 0 unspecified atom stereocenters. The molecule has 1 aromatic carbocycles. The van der Waals surface area contributed by atoms with Crippen LogP contribution >= 0.6 is 0 Å². The number of nitrogens with one attached hydrogen (secondary N) is 1. The number of hydrogen-bond donors (Lipinski definition) is 1. The van der Waals surface area contributed by atoms with Gasteiger partial charge in [0.2, 0.25) is 0 Å². The molecule has 0 amide bonds. The minimum absolute atomic E-state index is 0.566. The second kappa shape index (κ2) is 5.44. The quantitative estimate of drug-likeness (QED) is 0.913. The summed E-state index contributed by atoms with van der Waals surface area (Å²) in [6.45, 7) is 4.41. The van der Waals surface area contributed by atoms with Crippen LogP contribution < -0.4 is 10.1 Å². The van der Waals surface area contributed by atoms with Gasteiger partial charge in [0.25, 0.3) is 0 Å². The van der Waals surface area contributed by atoms with Gasteiger partial charge in [-0.1, -0.05) is 0 Å². The predicted octanol–water partition coefficient (Wildman–Crippen LogP) is 2.74. The second-order valence-electron chi connectivity index (χ2n) is 4.13. The predicted molar refractivity (Wildman–Crippen MR) is 73.6 cm³/mol. The van der Waals surface area contributed by atoms with E-state index in [1.165, 1.54) is 0 Å². The molecule has 1 aromatic heterocycles. The Morgan fingerprint density at radius 3 is 2.63 bits per heavy atom. The molecule has 0 radical (unpaired) electrons. The normalized spacial score (nSPS) is 10.0. The molecule has 0 saturated heterocycles. The SMILES string of the molecule is CCOc1ccc(Nc2c(C#N)c(C)nn2C)cc1. The van der Waals surface area contributed by atoms with Gasteiger partial charge >= 0.3 is 0 Å². The summed E-state index contributed by atoms with van der Waals surface area (Å²) in [6, 6.07) is 9.77. The fourth-order valence-electron chi connectivity index (χ4n) is 1.87. The maximum absolute atomic E-state index is 9.14. The van der Waals surface area contributed by atoms with E-state index in [2.05, 4.69) is 16.5 Å². The van der Waals surface area contributed by atoms with Gasteiger partial charge in [0.05, 0.1) is 12.3 Å². The van der Waals surface area contributed by atoms with Crippen LogP contribution in [0.25, 0.3) is 0 Å². The highest BCUT2D eigenvalue weighted by atomic mass is 16.5. The van der Waals surface area contributed by atoms with Crippen LogP contribution in [0.15, 0.2) is 24.3 Å². The molecule has 0 aliphatic carbocycles. The number of hydrogen-bond acceptors (Lipinski definition) is 4. The number of ether oxygens (including phenoxy) is 1. The summed E-state index contributed by atoms with van der Waals surface area (Å²) in [5, 5.41) is 16.6. The summed E-state index contributed by atoms with van der Waals surface area (Å²) >= 11 is 0. The largest absolute Gasteiger partial charge is 0.494 e. The highest BCUT2D eigenvalue weighted by molar-refractivity contribution is 5.64. The molecular weight excluding hydrogens is 240 g/mol. The van der Waals surface area contributed by atoms with Gasteiger partial charge in [-0.2, -0.15) is 10.4 Å². The Labute approximate surface area is 112 Å². The lowest BCUT2D eigenvalue weighted by atomic mass is 10.2. The van der Waals surface area contributed by atoms with Crippen molar-refractivity contribution in [3.05, 3.63) is 35.5 Å². The molecule has 98 valence electrons. The van der Waals surface area contributed by atoms with E-state index < -0.39 is 0 Å². The van der Waals surface area contributed by atoms with Gasteiger partial charge in [-0.3, -0.25) is 4.68 Å². The van der Waals surface area contributed by atoms with E-state index in [1.807, 2.05) is 45.2 Å². The molecule has 1 heterocycles. The Kier molecular flexibility index (Phi) is 3.71. The number of aromatic nitrogens is 2. The zero-order valence-electron chi connectivity index (χ0n) is 11.3. The summed E-state index contributed by atoms with van der Waals surface area (Å²) in [5.41, 5.74) is 2.18. The van der Waals surface area contributed by atoms with E-state index in [-0.39, 0.29) is 0 Å². The number of anilines is 2. The van der Waals surface area contributed by atoms with Crippen LogP contribution in [0.3, 0.4) is 0 Å². The highest BCUT2D eigenvalue weighted by Crippen LogP contribution is 2.23. The lowest BCUT2D eigenvalue weighted by Gasteiger charge is -2.08. The van der Waals surface area contributed by atoms with E-state index >= 15 is 0 Å². The molecule has 0 spiro atoms. The van der Waals surface area contributed by atoms with Crippen molar-refractivity contribution >= 4 is 11.5 Å². The Bertz CT molecular complexity index is 608. The van der Waals surface area contributed by atoms with Crippen molar-refractivity contribution in [2.24, 2.45) is 7.05 Å². The first-order chi connectivity index (χ1) is 9.15. The van der Waals surface area contributed by atoms with Crippen molar-refractivity contribution in [1.82, 2.24) is 9.78 Å². The van der Waals surface area contributed by atoms with E-state index in [1.54, 1.807) is 4.68 Å². The molecule has 2 aromatic rings. The Morgan fingerprint density at radius 2 is 2.05 bits per heavy atom. The smallest absolute Gasteiger partial charge is 0.146 e. The third-order valence-corrected chi connectivity index (χ3v) is 2.76. The molecule has 1 N–H and O–H groups in total. The molecule has 0 atom stereocenters. The molecule has 0 bridgehead atoms. The van der Waals surface area contributed by atoms with Gasteiger partial charge in [0, 0.05) is 12.7 Å². The summed E-state index contributed by atoms with van der Waals surface area (Å²) < 4.78 is 7.06. The van der Waals surface area contributed by atoms with Crippen LogP contribution in [0.4, 0.5) is 11.5 Å². The highest BCUT2D eigenvalue weighted by Gasteiger charge is 2.12. The standard InChI is InChI=1S/C14H16N4O/c1-4-19-12-7-5-11(6-8-12)16-14-13(9-15)10(2)17-18(14)3/h5-8,16H,4H2,1-3H3. The average Bonchev–Trinajstić information content (AvgIpc) is 2.66. The molecular formula is C14H16N4O. The van der Waals surface area contributed by atoms with Crippen LogP contribution in [0, 0.1) is 18.3 Å². The first-order valence-corrected chi connectivity index (χ1v) is 6.09. The zero-order valence-corrected chi connectivity index (χ0v) is 11.3. The molecule has 2 rings (SSSR count). The molecule has 0 saturated carbocycles. The van der Waals surface area contributed by atoms with E-state index in [9.17, 15) is 0 Å². The van der Waals surface area contributed by atoms with Crippen molar-refractivity contribution in [3.8, 4) is 11.8 Å². The van der Waals surface area contributed by atoms with E-state index in [0.717, 1.165) is 17.1 Å². The maximum Gasteiger partial charge on any atom is 0.146 e. The Hall–Kier alpha value is -2.48. The van der Waals surface area contributed by atoms with E-state index in [0.29, 0.717) is 18.0 Å². The van der Waals surface area contributed by atoms with Gasteiger partial charge in [0.1, 0.15) is 23.2 Å². The Balaban J connectivity index is 2.24. The van der Waals surface area contributed by atoms with Crippen molar-refractivity contribution < 1.29 is 4.74 Å². The molecule has 19 heavy (non-hydrogen) atoms. The number of nitriles is 1. The zero-order chi connectivity index (χ0) is 13.8. The van der Waals surface area contributed by atoms with Crippen LogP contribution in [-0.2, 0) is 7.05 Å². The fraction of sp³-hybridized carbons (Fsp3) is 0.286. The first kappa shape index (κ1) is 13.0. The number of rotatable bonds is 4. The van der Waals surface area contributed by atoms with Crippen LogP contribution in [-0.4, -0.2) is 16.4 Å². The van der Waals surface area contributed by atoms with Gasteiger partial charge in [-0.15, -0.1) is 0 Å². The number of benzene rings is 1. The van der Waals surface area contributed by atoms with Crippen LogP contribution in [0.5, 0.6) is 5.75 Å². The van der Waals surface area contributed by atoms with Crippen molar-refractivity contribution in [3.63, 3.8) is 0 Å². The first-order valence-electron chi connectivity index (χ1n) is 6.09. The Morgan fingerprint density at radius 1 is 1.37 bits per heavy atom. The molecule has 0 aliphatic rings. The summed E-state index contributed by atoms with van der Waals surface area (Å²) in [7, 11) is 1.81. The number of aryl methyl sites for hydroxylation is 2. The van der Waals surface area contributed by atoms with Crippen LogP contribution in [0.1, 0.15) is 18.2 Å². The summed E-state index contributed by atoms with van der Waals surface area (Å²) in [6.07, 6.45) is 0. The maximum atomic E-state index is 9.14. The van der Waals surface area contributed by atoms with Gasteiger partial charge < -0.3 is 10.1 Å². The fourth-order valence-corrected chi connectivity index (χ4v) is 1.87. The molecule has 0 fully saturated rings. The summed E-state index contributed by atoms with van der Waals surface area (Å²) in [4.78, 5) is 0. The lowest BCUT2D eigenvalue weighted by Crippen LogP contribution is -2.00. The third kappa shape index (κ3) is 2.68. The minimum atomic E-state index is 0.566. The lowest BCUT2D eigenvalue weighted by molar-refractivity contribution is 0.340. The van der Waals surface area contributed by atoms with Crippen molar-refractivity contribution in [2.75, 3.05) is 11.9 Å². The van der Waals surface area contributed by atoms with E-state index in [4.69, 9.17) is 10.00 Å². The minimum Gasteiger partial charge on any atom is -0.494 e. The van der Waals surface area contributed by atoms with Gasteiger partial charge in [-0.05, 0) is 38.1 Å². The van der Waals surface area contributed by atoms with Crippen molar-refractivity contribution in [1.29, 1.82) is 5.26 Å². The molecule has 5 heteroatoms. The van der Waals surface area contributed by atoms with Gasteiger partial charge in [-0.25, -0.2) is 0 Å². The summed E-state index contributed by atoms with van der Waals surface area (Å²) in [5.74, 6) is 1.53. The third-order valence-electron chi connectivity index (χ3n) is 2.76. The van der Waals surface area contributed by atoms with Gasteiger partial charge in [0.15, 0.2) is 0 Å². The topological polar surface area (TPSA) is 62.9 Å².